The molecule has 0 spiro atoms. The molecule has 240 valence electrons. The third-order valence-electron chi connectivity index (χ3n) is 7.95. The first kappa shape index (κ1) is 31.1. The lowest BCUT2D eigenvalue weighted by atomic mass is 10.1. The number of amides is 3. The number of rotatable bonds is 10. The highest BCUT2D eigenvalue weighted by Gasteiger charge is 2.32. The molecule has 0 bridgehead atoms. The van der Waals surface area contributed by atoms with Gasteiger partial charge in [0.05, 0.1) is 28.9 Å². The normalized spacial score (nSPS) is 16.1. The number of carbonyl (C=O) groups excluding carboxylic acids is 3. The van der Waals surface area contributed by atoms with Crippen molar-refractivity contribution in [1.29, 1.82) is 0 Å². The summed E-state index contributed by atoms with van der Waals surface area (Å²) in [5.41, 5.74) is 2.78. The van der Waals surface area contributed by atoms with E-state index >= 15 is 0 Å². The van der Waals surface area contributed by atoms with Crippen LogP contribution in [0.5, 0.6) is 11.5 Å². The second-order valence-electron chi connectivity index (χ2n) is 11.5. The van der Waals surface area contributed by atoms with Gasteiger partial charge in [-0.25, -0.2) is 0 Å². The van der Waals surface area contributed by atoms with Gasteiger partial charge in [-0.3, -0.25) is 24.7 Å². The van der Waals surface area contributed by atoms with Crippen molar-refractivity contribution in [1.82, 2.24) is 19.7 Å². The van der Waals surface area contributed by atoms with Gasteiger partial charge in [0.25, 0.3) is 17.7 Å². The number of nitrogens with zero attached hydrogens (tertiary/aromatic N) is 4. The minimum absolute atomic E-state index is 0.0528. The van der Waals surface area contributed by atoms with Crippen LogP contribution in [0.4, 0.5) is 17.1 Å². The number of methoxy groups -OCH3 is 1. The molecule has 12 nitrogen and oxygen atoms in total. The van der Waals surface area contributed by atoms with E-state index in [0.717, 1.165) is 23.1 Å². The van der Waals surface area contributed by atoms with Crippen LogP contribution in [0.1, 0.15) is 50.3 Å². The molecule has 2 atom stereocenters. The Hall–Kier alpha value is -4.88. The van der Waals surface area contributed by atoms with Crippen molar-refractivity contribution in [2.24, 2.45) is 12.0 Å². The summed E-state index contributed by atoms with van der Waals surface area (Å²) in [6, 6.07) is 12.7. The molecule has 2 aliphatic heterocycles. The summed E-state index contributed by atoms with van der Waals surface area (Å²) in [7, 11) is 6.80. The average Bonchev–Trinajstić information content (AvgIpc) is 3.75. The molecule has 3 N–H and O–H groups in total. The highest BCUT2D eigenvalue weighted by atomic mass is 32.1. The maximum absolute atomic E-state index is 13.3. The van der Waals surface area contributed by atoms with E-state index in [1.54, 1.807) is 60.0 Å². The number of anilines is 2. The second kappa shape index (κ2) is 12.9. The highest BCUT2D eigenvalue weighted by Crippen LogP contribution is 2.38. The molecule has 13 heteroatoms. The van der Waals surface area contributed by atoms with Gasteiger partial charge in [0, 0.05) is 69.5 Å². The van der Waals surface area contributed by atoms with Gasteiger partial charge in [0.1, 0.15) is 11.9 Å². The smallest absolute Gasteiger partial charge is 0.272 e. The summed E-state index contributed by atoms with van der Waals surface area (Å²) >= 11 is 1.42. The average molecular weight is 644 g/mol. The second-order valence-corrected chi connectivity index (χ2v) is 12.6. The molecule has 2 aliphatic rings. The van der Waals surface area contributed by atoms with Gasteiger partial charge in [-0.2, -0.15) is 0 Å². The lowest BCUT2D eigenvalue weighted by molar-refractivity contribution is 0.0769. The van der Waals surface area contributed by atoms with Gasteiger partial charge in [0.15, 0.2) is 17.7 Å². The van der Waals surface area contributed by atoms with Gasteiger partial charge in [-0.1, -0.05) is 13.3 Å². The molecule has 3 amide bonds. The first-order chi connectivity index (χ1) is 22.1. The van der Waals surface area contributed by atoms with Crippen molar-refractivity contribution < 1.29 is 23.9 Å². The van der Waals surface area contributed by atoms with Gasteiger partial charge < -0.3 is 34.5 Å². The van der Waals surface area contributed by atoms with Gasteiger partial charge in [-0.15, -0.1) is 11.3 Å². The van der Waals surface area contributed by atoms with E-state index in [4.69, 9.17) is 9.47 Å². The van der Waals surface area contributed by atoms with Crippen molar-refractivity contribution in [3.05, 3.63) is 64.8 Å². The number of fused-ring (bicyclic) bond motifs is 3. The fourth-order valence-electron chi connectivity index (χ4n) is 5.60. The van der Waals surface area contributed by atoms with Crippen LogP contribution >= 0.6 is 11.3 Å². The Morgan fingerprint density at radius 3 is 2.74 bits per heavy atom. The largest absolute Gasteiger partial charge is 0.493 e. The molecule has 6 rings (SSSR count). The number of nitrogens with one attached hydrogen (secondary N) is 3. The number of hydrogen-bond acceptors (Lipinski definition) is 9. The molecule has 0 aliphatic carbocycles. The molecule has 4 aromatic rings. The van der Waals surface area contributed by atoms with Crippen LogP contribution in [0.25, 0.3) is 10.1 Å². The Labute approximate surface area is 271 Å². The maximum Gasteiger partial charge on any atom is 0.272 e. The van der Waals surface area contributed by atoms with Crippen LogP contribution in [-0.2, 0) is 7.05 Å². The molecule has 1 fully saturated rings. The number of aryl methyl sites for hydroxylation is 1. The standard InChI is InChI=1S/C33H37N7O5S/c1-6-7-30(45-26-16-23-22(15-25(26)44-5)32(42)40-11-10-34-29(40)17-35-23)36-21-14-24(39(4)18-21)31(41)37-20-8-9-27-19(12-20)13-28(46-27)33(43)38(2)3/h8-9,12-18,29-30,34,36H,6-7,10-11H2,1-5H3,(H,37,41)/t29-,30-/m0/s1. The summed E-state index contributed by atoms with van der Waals surface area (Å²) in [5.74, 6) is 0.464. The summed E-state index contributed by atoms with van der Waals surface area (Å²) in [6.07, 6.45) is 4.38. The molecule has 0 saturated carbocycles. The monoisotopic (exact) mass is 643 g/mol. The minimum Gasteiger partial charge on any atom is -0.493 e. The predicted molar refractivity (Wildman–Crippen MR) is 180 cm³/mol. The maximum atomic E-state index is 13.3. The Bertz CT molecular complexity index is 1850. The van der Waals surface area contributed by atoms with Gasteiger partial charge in [-0.05, 0) is 41.8 Å². The summed E-state index contributed by atoms with van der Waals surface area (Å²) in [6.45, 7) is 3.39. The Balaban J connectivity index is 1.18. The number of aromatic nitrogens is 1. The lowest BCUT2D eigenvalue weighted by Gasteiger charge is -2.23. The summed E-state index contributed by atoms with van der Waals surface area (Å²) in [5, 5.41) is 10.5. The van der Waals surface area contributed by atoms with E-state index in [0.29, 0.717) is 57.7 Å². The highest BCUT2D eigenvalue weighted by molar-refractivity contribution is 7.20. The van der Waals surface area contributed by atoms with Gasteiger partial charge >= 0.3 is 0 Å². The zero-order valence-corrected chi connectivity index (χ0v) is 27.2. The van der Waals surface area contributed by atoms with Crippen molar-refractivity contribution in [2.75, 3.05) is 44.9 Å². The Morgan fingerprint density at radius 2 is 1.98 bits per heavy atom. The molecule has 0 radical (unpaired) electrons. The Morgan fingerprint density at radius 1 is 1.15 bits per heavy atom. The number of ether oxygens (including phenoxy) is 2. The predicted octanol–water partition coefficient (Wildman–Crippen LogP) is 4.91. The molecular formula is C33H37N7O5S. The Kier molecular flexibility index (Phi) is 8.69. The zero-order chi connectivity index (χ0) is 32.5. The van der Waals surface area contributed by atoms with E-state index in [1.807, 2.05) is 37.5 Å². The summed E-state index contributed by atoms with van der Waals surface area (Å²) < 4.78 is 14.8. The van der Waals surface area contributed by atoms with Crippen LogP contribution in [0.15, 0.2) is 53.7 Å². The molecule has 0 unspecified atom stereocenters. The third-order valence-corrected chi connectivity index (χ3v) is 9.05. The van der Waals surface area contributed by atoms with Crippen molar-refractivity contribution in [3.63, 3.8) is 0 Å². The number of benzene rings is 2. The first-order valence-electron chi connectivity index (χ1n) is 15.1. The quantitative estimate of drug-likeness (QED) is 0.210. The first-order valence-corrected chi connectivity index (χ1v) is 15.9. The number of aliphatic imine (C=N–C) groups is 1. The number of carbonyl (C=O) groups is 3. The van der Waals surface area contributed by atoms with Crippen molar-refractivity contribution >= 4 is 62.4 Å². The lowest BCUT2D eigenvalue weighted by Crippen LogP contribution is -2.40. The number of hydrogen-bond donors (Lipinski definition) is 3. The minimum atomic E-state index is -0.453. The van der Waals surface area contributed by atoms with Gasteiger partial charge in [0.2, 0.25) is 0 Å². The van der Waals surface area contributed by atoms with E-state index in [-0.39, 0.29) is 23.9 Å². The fraction of sp³-hybridized carbons (Fsp3) is 0.333. The SMILES string of the molecule is CCC[C@@H](Nc1cc(C(=O)Nc2ccc3sc(C(=O)N(C)C)cc3c2)n(C)c1)Oc1cc2c(cc1OC)C(=O)N1CCN[C@@H]1C=N2. The van der Waals surface area contributed by atoms with E-state index in [9.17, 15) is 14.4 Å². The number of thiophene rings is 1. The van der Waals surface area contributed by atoms with Crippen molar-refractivity contribution in [3.8, 4) is 11.5 Å². The van der Waals surface area contributed by atoms with Crippen LogP contribution in [-0.4, -0.2) is 85.0 Å². The summed E-state index contributed by atoms with van der Waals surface area (Å²) in [4.78, 5) is 47.5. The van der Waals surface area contributed by atoms with E-state index in [1.165, 1.54) is 11.3 Å². The van der Waals surface area contributed by atoms with Crippen molar-refractivity contribution in [2.45, 2.75) is 32.2 Å². The van der Waals surface area contributed by atoms with Crippen LogP contribution < -0.4 is 25.4 Å². The van der Waals surface area contributed by atoms with E-state index < -0.39 is 6.23 Å². The molecule has 2 aromatic carbocycles. The topological polar surface area (TPSA) is 130 Å². The molecule has 46 heavy (non-hydrogen) atoms. The fourth-order valence-corrected chi connectivity index (χ4v) is 6.67. The van der Waals surface area contributed by atoms with E-state index in [2.05, 4.69) is 27.9 Å². The molecule has 1 saturated heterocycles. The zero-order valence-electron chi connectivity index (χ0n) is 26.4. The van der Waals surface area contributed by atoms with Crippen LogP contribution in [0, 0.1) is 0 Å². The third kappa shape index (κ3) is 6.15. The van der Waals surface area contributed by atoms with Crippen LogP contribution in [0.2, 0.25) is 0 Å². The molecular weight excluding hydrogens is 606 g/mol. The van der Waals surface area contributed by atoms with Crippen LogP contribution in [0.3, 0.4) is 0 Å². The molecule has 2 aromatic heterocycles. The molecule has 4 heterocycles.